The molecule has 2 saturated carbocycles. The van der Waals surface area contributed by atoms with Gasteiger partial charge in [-0.1, -0.05) is 11.6 Å². The van der Waals surface area contributed by atoms with Gasteiger partial charge in [0.1, 0.15) is 11.6 Å². The molecule has 2 heterocycles. The van der Waals surface area contributed by atoms with Crippen LogP contribution in [0.3, 0.4) is 0 Å². The standard InChI is InChI=1S/C23H26ClF3N4/c24-20-2-1-16(25)11-19(20)21-3-4-22(30-29-21)28-17-9-14-12-31(13-15(14)10-17)18-5-7-23(26,27)8-6-18/h1-4,11,14-15,17-18H,5-10,12-13H2,(H,28,30)/t14-,15-/m1/s1. The van der Waals surface area contributed by atoms with Crippen LogP contribution in [-0.4, -0.2) is 46.2 Å². The van der Waals surface area contributed by atoms with Crippen LogP contribution in [0.15, 0.2) is 30.3 Å². The number of halogens is 4. The maximum absolute atomic E-state index is 13.5. The Bertz CT molecular complexity index is 915. The molecule has 0 bridgehead atoms. The second-order valence-electron chi connectivity index (χ2n) is 9.30. The minimum atomic E-state index is -2.46. The molecular weight excluding hydrogens is 425 g/mol. The van der Waals surface area contributed by atoms with Gasteiger partial charge < -0.3 is 5.32 Å². The Labute approximate surface area is 185 Å². The maximum Gasteiger partial charge on any atom is 0.248 e. The van der Waals surface area contributed by atoms with Crippen molar-refractivity contribution < 1.29 is 13.2 Å². The largest absolute Gasteiger partial charge is 0.366 e. The van der Waals surface area contributed by atoms with E-state index < -0.39 is 5.92 Å². The summed E-state index contributed by atoms with van der Waals surface area (Å²) in [5.74, 6) is -0.904. The van der Waals surface area contributed by atoms with Crippen LogP contribution < -0.4 is 5.32 Å². The third-order valence-corrected chi connectivity index (χ3v) is 7.53. The highest BCUT2D eigenvalue weighted by Gasteiger charge is 2.45. The summed E-state index contributed by atoms with van der Waals surface area (Å²) in [4.78, 5) is 2.46. The molecule has 4 nitrogen and oxygen atoms in total. The SMILES string of the molecule is Fc1ccc(Cl)c(-c2ccc(NC3C[C@@H]4CN(C5CCC(F)(F)CC5)C[C@H]4C3)nn2)c1. The number of rotatable bonds is 4. The summed E-state index contributed by atoms with van der Waals surface area (Å²) in [6.07, 6.45) is 3.41. The molecule has 1 aromatic carbocycles. The second kappa shape index (κ2) is 8.24. The molecule has 0 amide bonds. The van der Waals surface area contributed by atoms with E-state index in [0.29, 0.717) is 58.9 Å². The summed E-state index contributed by atoms with van der Waals surface area (Å²) >= 11 is 6.15. The highest BCUT2D eigenvalue weighted by atomic mass is 35.5. The van der Waals surface area contributed by atoms with Crippen LogP contribution >= 0.6 is 11.6 Å². The van der Waals surface area contributed by atoms with E-state index in [2.05, 4.69) is 20.4 Å². The average Bonchev–Trinajstić information content (AvgIpc) is 3.29. The minimum Gasteiger partial charge on any atom is -0.366 e. The molecule has 31 heavy (non-hydrogen) atoms. The molecule has 0 spiro atoms. The Morgan fingerprint density at radius 2 is 1.71 bits per heavy atom. The number of fused-ring (bicyclic) bond motifs is 1. The predicted molar refractivity (Wildman–Crippen MR) is 115 cm³/mol. The number of aromatic nitrogens is 2. The first-order valence-electron chi connectivity index (χ1n) is 11.0. The summed E-state index contributed by atoms with van der Waals surface area (Å²) in [6.45, 7) is 2.03. The monoisotopic (exact) mass is 450 g/mol. The number of nitrogens with one attached hydrogen (secondary N) is 1. The van der Waals surface area contributed by atoms with Crippen molar-refractivity contribution in [2.75, 3.05) is 18.4 Å². The van der Waals surface area contributed by atoms with Crippen molar-refractivity contribution in [1.82, 2.24) is 15.1 Å². The Morgan fingerprint density at radius 1 is 1.00 bits per heavy atom. The van der Waals surface area contributed by atoms with Crippen molar-refractivity contribution in [1.29, 1.82) is 0 Å². The van der Waals surface area contributed by atoms with Gasteiger partial charge in [0.2, 0.25) is 5.92 Å². The fraction of sp³-hybridized carbons (Fsp3) is 0.565. The minimum absolute atomic E-state index is 0.0309. The van der Waals surface area contributed by atoms with Crippen LogP contribution in [0.4, 0.5) is 19.0 Å². The summed E-state index contributed by atoms with van der Waals surface area (Å²) in [7, 11) is 0. The normalized spacial score (nSPS) is 26.8. The molecule has 5 rings (SSSR count). The molecule has 1 aliphatic heterocycles. The van der Waals surface area contributed by atoms with Gasteiger partial charge in [-0.3, -0.25) is 4.90 Å². The fourth-order valence-electron chi connectivity index (χ4n) is 5.60. The molecule has 166 valence electrons. The zero-order valence-electron chi connectivity index (χ0n) is 17.2. The molecule has 3 fully saturated rings. The van der Waals surface area contributed by atoms with Crippen LogP contribution in [0, 0.1) is 17.7 Å². The first-order chi connectivity index (χ1) is 14.9. The number of benzene rings is 1. The number of hydrogen-bond donors (Lipinski definition) is 1. The first-order valence-corrected chi connectivity index (χ1v) is 11.4. The number of nitrogens with zero attached hydrogens (tertiary/aromatic N) is 3. The lowest BCUT2D eigenvalue weighted by Crippen LogP contribution is -2.40. The predicted octanol–water partition coefficient (Wildman–Crippen LogP) is 5.64. The molecule has 2 aromatic rings. The zero-order valence-corrected chi connectivity index (χ0v) is 18.0. The first kappa shape index (κ1) is 21.0. The summed E-state index contributed by atoms with van der Waals surface area (Å²) in [5.41, 5.74) is 1.06. The number of alkyl halides is 2. The average molecular weight is 451 g/mol. The lowest BCUT2D eigenvalue weighted by molar-refractivity contribution is -0.0521. The second-order valence-corrected chi connectivity index (χ2v) is 9.71. The van der Waals surface area contributed by atoms with E-state index in [0.717, 1.165) is 25.9 Å². The van der Waals surface area contributed by atoms with E-state index in [1.165, 1.54) is 18.2 Å². The number of hydrogen-bond acceptors (Lipinski definition) is 4. The van der Waals surface area contributed by atoms with E-state index in [1.54, 1.807) is 6.07 Å². The Hall–Kier alpha value is -1.86. The zero-order chi connectivity index (χ0) is 21.6. The van der Waals surface area contributed by atoms with Crippen molar-refractivity contribution in [2.45, 2.75) is 56.5 Å². The molecule has 2 atom stereocenters. The third-order valence-electron chi connectivity index (χ3n) is 7.20. The molecule has 2 aliphatic carbocycles. The van der Waals surface area contributed by atoms with Gasteiger partial charge in [0, 0.05) is 43.6 Å². The van der Waals surface area contributed by atoms with Crippen LogP contribution in [-0.2, 0) is 0 Å². The van der Waals surface area contributed by atoms with Gasteiger partial charge in [0.05, 0.1) is 10.7 Å². The van der Waals surface area contributed by atoms with E-state index in [-0.39, 0.29) is 18.7 Å². The van der Waals surface area contributed by atoms with Crippen LogP contribution in [0.1, 0.15) is 38.5 Å². The van der Waals surface area contributed by atoms with Gasteiger partial charge in [-0.05, 0) is 67.9 Å². The quantitative estimate of drug-likeness (QED) is 0.654. The molecule has 8 heteroatoms. The van der Waals surface area contributed by atoms with Crippen molar-refractivity contribution in [3.8, 4) is 11.3 Å². The highest BCUT2D eigenvalue weighted by Crippen LogP contribution is 2.43. The molecule has 3 aliphatic rings. The fourth-order valence-corrected chi connectivity index (χ4v) is 5.81. The van der Waals surface area contributed by atoms with Gasteiger partial charge in [0.15, 0.2) is 0 Å². The lowest BCUT2D eigenvalue weighted by atomic mass is 9.91. The van der Waals surface area contributed by atoms with Crippen molar-refractivity contribution in [3.63, 3.8) is 0 Å². The van der Waals surface area contributed by atoms with Crippen LogP contribution in [0.2, 0.25) is 5.02 Å². The smallest absolute Gasteiger partial charge is 0.248 e. The summed E-state index contributed by atoms with van der Waals surface area (Å²) in [5, 5.41) is 12.4. The van der Waals surface area contributed by atoms with Gasteiger partial charge in [-0.2, -0.15) is 0 Å². The van der Waals surface area contributed by atoms with Crippen molar-refractivity contribution >= 4 is 17.4 Å². The van der Waals surface area contributed by atoms with Gasteiger partial charge >= 0.3 is 0 Å². The highest BCUT2D eigenvalue weighted by molar-refractivity contribution is 6.33. The third kappa shape index (κ3) is 4.53. The summed E-state index contributed by atoms with van der Waals surface area (Å²) in [6, 6.07) is 8.50. The molecular formula is C23H26ClF3N4. The van der Waals surface area contributed by atoms with Gasteiger partial charge in [0.25, 0.3) is 0 Å². The van der Waals surface area contributed by atoms with Gasteiger partial charge in [-0.25, -0.2) is 13.2 Å². The molecule has 1 aromatic heterocycles. The van der Waals surface area contributed by atoms with E-state index in [1.807, 2.05) is 6.07 Å². The van der Waals surface area contributed by atoms with E-state index in [4.69, 9.17) is 11.6 Å². The Kier molecular flexibility index (Phi) is 5.59. The van der Waals surface area contributed by atoms with Crippen LogP contribution in [0.25, 0.3) is 11.3 Å². The maximum atomic E-state index is 13.5. The lowest BCUT2D eigenvalue weighted by Gasteiger charge is -2.35. The summed E-state index contributed by atoms with van der Waals surface area (Å²) < 4.78 is 40.4. The number of anilines is 1. The molecule has 0 radical (unpaired) electrons. The van der Waals surface area contributed by atoms with E-state index in [9.17, 15) is 13.2 Å². The molecule has 0 unspecified atom stereocenters. The Balaban J connectivity index is 1.15. The number of likely N-dealkylation sites (tertiary alicyclic amines) is 1. The van der Waals surface area contributed by atoms with E-state index >= 15 is 0 Å². The Morgan fingerprint density at radius 3 is 2.35 bits per heavy atom. The molecule has 1 saturated heterocycles. The van der Waals surface area contributed by atoms with Gasteiger partial charge in [-0.15, -0.1) is 10.2 Å². The topological polar surface area (TPSA) is 41.0 Å². The molecule has 1 N–H and O–H groups in total. The van der Waals surface area contributed by atoms with Crippen molar-refractivity contribution in [3.05, 3.63) is 41.2 Å². The van der Waals surface area contributed by atoms with Crippen molar-refractivity contribution in [2.24, 2.45) is 11.8 Å². The van der Waals surface area contributed by atoms with Crippen LogP contribution in [0.5, 0.6) is 0 Å².